The van der Waals surface area contributed by atoms with Crippen molar-refractivity contribution in [1.29, 1.82) is 0 Å². The van der Waals surface area contributed by atoms with Gasteiger partial charge in [-0.05, 0) is 61.2 Å². The number of aliphatic hydroxyl groups is 1. The molecule has 0 spiro atoms. The van der Waals surface area contributed by atoms with Gasteiger partial charge in [0.1, 0.15) is 0 Å². The number of fused-ring (bicyclic) bond motifs is 1. The highest BCUT2D eigenvalue weighted by atomic mass is 35.5. The number of hydrogen-bond acceptors (Lipinski definition) is 8. The number of benzene rings is 2. The van der Waals surface area contributed by atoms with Crippen molar-refractivity contribution in [1.82, 2.24) is 5.32 Å². The first-order valence-electron chi connectivity index (χ1n) is 12.9. The molecule has 37 heavy (non-hydrogen) atoms. The third-order valence-electron chi connectivity index (χ3n) is 5.90. The maximum atomic E-state index is 12.7. The van der Waals surface area contributed by atoms with Gasteiger partial charge in [-0.25, -0.2) is 9.59 Å². The van der Waals surface area contributed by atoms with Crippen molar-refractivity contribution in [2.75, 3.05) is 26.3 Å². The molecular formula is C28H36ClNO7. The van der Waals surface area contributed by atoms with E-state index in [0.717, 1.165) is 30.4 Å². The van der Waals surface area contributed by atoms with Crippen molar-refractivity contribution in [3.8, 4) is 11.5 Å². The number of carbonyl (C=O) groups is 2. The Hall–Kier alpha value is -2.81. The molecule has 0 saturated heterocycles. The van der Waals surface area contributed by atoms with E-state index in [1.54, 1.807) is 30.3 Å². The van der Waals surface area contributed by atoms with Crippen LogP contribution in [0.15, 0.2) is 42.5 Å². The molecule has 3 rings (SSSR count). The number of unbranched alkanes of at least 4 members (excludes halogenated alkanes) is 2. The van der Waals surface area contributed by atoms with E-state index in [1.807, 2.05) is 26.0 Å². The molecule has 1 aliphatic rings. The standard InChI is InChI=1S/C28H36ClNO7/c1-3-5-14-34-27(32)25-26(28(33)35-15-6-4-2)37-24-16-19(10-11-23(24)36-25)12-13-30-18-22(31)20-8-7-9-21(29)17-20/h7-11,16-17,22,25-26,30-31H,3-6,12-15,18H2,1-2H3. The molecule has 0 aromatic heterocycles. The summed E-state index contributed by atoms with van der Waals surface area (Å²) in [6, 6.07) is 12.5. The van der Waals surface area contributed by atoms with Crippen LogP contribution in [-0.4, -0.2) is 55.6 Å². The quantitative estimate of drug-likeness (QED) is 0.272. The Bertz CT molecular complexity index is 1030. The van der Waals surface area contributed by atoms with Gasteiger partial charge < -0.3 is 29.4 Å². The second-order valence-electron chi connectivity index (χ2n) is 8.93. The minimum atomic E-state index is -1.25. The lowest BCUT2D eigenvalue weighted by atomic mass is 10.1. The van der Waals surface area contributed by atoms with Gasteiger partial charge in [-0.2, -0.15) is 0 Å². The topological polar surface area (TPSA) is 103 Å². The Balaban J connectivity index is 1.61. The van der Waals surface area contributed by atoms with Crippen LogP contribution in [0.3, 0.4) is 0 Å². The first-order chi connectivity index (χ1) is 17.9. The predicted octanol–water partition coefficient (Wildman–Crippen LogP) is 4.40. The molecule has 1 heterocycles. The Morgan fingerprint density at radius 1 is 0.973 bits per heavy atom. The first-order valence-corrected chi connectivity index (χ1v) is 13.2. The smallest absolute Gasteiger partial charge is 0.351 e. The third kappa shape index (κ3) is 8.62. The zero-order chi connectivity index (χ0) is 26.6. The van der Waals surface area contributed by atoms with Crippen LogP contribution in [0.1, 0.15) is 56.8 Å². The zero-order valence-electron chi connectivity index (χ0n) is 21.4. The largest absolute Gasteiger partial charge is 0.470 e. The maximum Gasteiger partial charge on any atom is 0.351 e. The van der Waals surface area contributed by atoms with Gasteiger partial charge in [0.05, 0.1) is 19.3 Å². The number of esters is 2. The molecule has 1 aliphatic heterocycles. The van der Waals surface area contributed by atoms with Crippen molar-refractivity contribution in [2.24, 2.45) is 0 Å². The van der Waals surface area contributed by atoms with Gasteiger partial charge in [0, 0.05) is 11.6 Å². The normalized spacial score (nSPS) is 17.2. The molecular weight excluding hydrogens is 498 g/mol. The molecule has 2 aromatic rings. The minimum absolute atomic E-state index is 0.242. The van der Waals surface area contributed by atoms with Crippen molar-refractivity contribution in [3.05, 3.63) is 58.6 Å². The van der Waals surface area contributed by atoms with Crippen molar-refractivity contribution in [2.45, 2.75) is 64.3 Å². The number of carbonyl (C=O) groups excluding carboxylic acids is 2. The van der Waals surface area contributed by atoms with Gasteiger partial charge in [0.2, 0.25) is 12.2 Å². The molecule has 0 radical (unpaired) electrons. The highest BCUT2D eigenvalue weighted by molar-refractivity contribution is 6.30. The predicted molar refractivity (Wildman–Crippen MR) is 140 cm³/mol. The van der Waals surface area contributed by atoms with Crippen molar-refractivity contribution >= 4 is 23.5 Å². The Morgan fingerprint density at radius 2 is 1.62 bits per heavy atom. The molecule has 202 valence electrons. The Morgan fingerprint density at radius 3 is 2.24 bits per heavy atom. The van der Waals surface area contributed by atoms with E-state index in [-0.39, 0.29) is 13.2 Å². The third-order valence-corrected chi connectivity index (χ3v) is 6.14. The van der Waals surface area contributed by atoms with Crippen LogP contribution in [0.25, 0.3) is 0 Å². The summed E-state index contributed by atoms with van der Waals surface area (Å²) in [5, 5.41) is 14.2. The lowest BCUT2D eigenvalue weighted by Crippen LogP contribution is -2.51. The van der Waals surface area contributed by atoms with Gasteiger partial charge in [-0.15, -0.1) is 0 Å². The van der Waals surface area contributed by atoms with E-state index in [2.05, 4.69) is 5.32 Å². The molecule has 0 fully saturated rings. The summed E-state index contributed by atoms with van der Waals surface area (Å²) in [5.41, 5.74) is 1.69. The van der Waals surface area contributed by atoms with Crippen LogP contribution < -0.4 is 14.8 Å². The van der Waals surface area contributed by atoms with Crippen LogP contribution in [0, 0.1) is 0 Å². The first kappa shape index (κ1) is 28.8. The van der Waals surface area contributed by atoms with Gasteiger partial charge in [0.25, 0.3) is 0 Å². The van der Waals surface area contributed by atoms with Crippen LogP contribution in [-0.2, 0) is 25.5 Å². The maximum absolute atomic E-state index is 12.7. The fourth-order valence-corrected chi connectivity index (χ4v) is 3.94. The molecule has 3 atom stereocenters. The number of halogens is 1. The average Bonchev–Trinajstić information content (AvgIpc) is 2.90. The lowest BCUT2D eigenvalue weighted by Gasteiger charge is -2.31. The number of aliphatic hydroxyl groups excluding tert-OH is 1. The molecule has 0 bridgehead atoms. The highest BCUT2D eigenvalue weighted by Crippen LogP contribution is 2.36. The van der Waals surface area contributed by atoms with Crippen LogP contribution in [0.4, 0.5) is 0 Å². The van der Waals surface area contributed by atoms with Gasteiger partial charge in [-0.3, -0.25) is 0 Å². The number of ether oxygens (including phenoxy) is 4. The minimum Gasteiger partial charge on any atom is -0.470 e. The molecule has 0 saturated carbocycles. The van der Waals surface area contributed by atoms with E-state index in [9.17, 15) is 14.7 Å². The van der Waals surface area contributed by atoms with E-state index in [4.69, 9.17) is 30.5 Å². The summed E-state index contributed by atoms with van der Waals surface area (Å²) in [4.78, 5) is 25.4. The average molecular weight is 534 g/mol. The van der Waals surface area contributed by atoms with Crippen molar-refractivity contribution in [3.63, 3.8) is 0 Å². The van der Waals surface area contributed by atoms with E-state index in [0.29, 0.717) is 42.5 Å². The van der Waals surface area contributed by atoms with Crippen LogP contribution in [0.2, 0.25) is 5.02 Å². The summed E-state index contributed by atoms with van der Waals surface area (Å²) in [5.74, 6) is -0.573. The molecule has 8 nitrogen and oxygen atoms in total. The molecule has 0 amide bonds. The summed E-state index contributed by atoms with van der Waals surface area (Å²) < 4.78 is 22.4. The van der Waals surface area contributed by atoms with Gasteiger partial charge >= 0.3 is 11.9 Å². The van der Waals surface area contributed by atoms with Gasteiger partial charge in [-0.1, -0.05) is 56.5 Å². The Labute approximate surface area is 223 Å². The van der Waals surface area contributed by atoms with Gasteiger partial charge in [0.15, 0.2) is 11.5 Å². The van der Waals surface area contributed by atoms with Crippen molar-refractivity contribution < 1.29 is 33.6 Å². The number of nitrogens with one attached hydrogen (secondary N) is 1. The summed E-state index contributed by atoms with van der Waals surface area (Å²) >= 11 is 6.00. The Kier molecular flexibility index (Phi) is 11.5. The fourth-order valence-electron chi connectivity index (χ4n) is 3.74. The molecule has 3 unspecified atom stereocenters. The molecule has 9 heteroatoms. The van der Waals surface area contributed by atoms with Crippen LogP contribution >= 0.6 is 11.6 Å². The summed E-state index contributed by atoms with van der Waals surface area (Å²) in [7, 11) is 0. The fraction of sp³-hybridized carbons (Fsp3) is 0.500. The van der Waals surface area contributed by atoms with E-state index >= 15 is 0 Å². The summed E-state index contributed by atoms with van der Waals surface area (Å²) in [6.45, 7) is 5.45. The van der Waals surface area contributed by atoms with Crippen LogP contribution in [0.5, 0.6) is 11.5 Å². The van der Waals surface area contributed by atoms with E-state index < -0.39 is 30.3 Å². The molecule has 0 aliphatic carbocycles. The number of hydrogen-bond donors (Lipinski definition) is 2. The summed E-state index contributed by atoms with van der Waals surface area (Å²) in [6.07, 6.45) is 0.657. The van der Waals surface area contributed by atoms with E-state index in [1.165, 1.54) is 0 Å². The molecule has 2 N–H and O–H groups in total. The second-order valence-corrected chi connectivity index (χ2v) is 9.36. The monoisotopic (exact) mass is 533 g/mol. The molecule has 2 aromatic carbocycles. The lowest BCUT2D eigenvalue weighted by molar-refractivity contribution is -0.171. The zero-order valence-corrected chi connectivity index (χ0v) is 22.2. The SMILES string of the molecule is CCCCOC(=O)C1Oc2ccc(CCNCC(O)c3cccc(Cl)c3)cc2OC1C(=O)OCCCC. The number of rotatable bonds is 14. The highest BCUT2D eigenvalue weighted by Gasteiger charge is 2.44. The second kappa shape index (κ2) is 14.8.